The molecule has 1 saturated heterocycles. The molecule has 1 aliphatic rings. The number of piperidine rings is 1. The van der Waals surface area contributed by atoms with Gasteiger partial charge in [0.05, 0.1) is 4.88 Å². The Morgan fingerprint density at radius 3 is 2.76 bits per heavy atom. The van der Waals surface area contributed by atoms with Crippen LogP contribution in [0.1, 0.15) is 35.0 Å². The van der Waals surface area contributed by atoms with Crippen molar-refractivity contribution in [2.45, 2.75) is 26.3 Å². The number of carbonyl (C=O) groups excluding carboxylic acids is 2. The van der Waals surface area contributed by atoms with E-state index in [2.05, 4.69) is 15.6 Å². The number of hydrogen-bond donors (Lipinski definition) is 3. The maximum absolute atomic E-state index is 11.7. The summed E-state index contributed by atoms with van der Waals surface area (Å²) in [5.41, 5.74) is 3.22. The molecule has 1 aromatic heterocycles. The fourth-order valence-corrected chi connectivity index (χ4v) is 3.42. The molecule has 0 aromatic carbocycles. The molecule has 2 heterocycles. The molecule has 0 atom stereocenters. The highest BCUT2D eigenvalue weighted by atomic mass is 32.1. The lowest BCUT2D eigenvalue weighted by Crippen LogP contribution is -2.38. The third-order valence-corrected chi connectivity index (χ3v) is 4.78. The molecule has 6 nitrogen and oxygen atoms in total. The fourth-order valence-electron chi connectivity index (χ4n) is 2.60. The summed E-state index contributed by atoms with van der Waals surface area (Å²) in [5, 5.41) is 4.80. The third-order valence-electron chi connectivity index (χ3n) is 3.82. The van der Waals surface area contributed by atoms with Crippen molar-refractivity contribution in [2.75, 3.05) is 19.6 Å². The van der Waals surface area contributed by atoms with E-state index in [9.17, 15) is 9.59 Å². The first-order chi connectivity index (χ1) is 10.1. The fraction of sp³-hybridized carbons (Fsp3) is 0.571. The van der Waals surface area contributed by atoms with E-state index < -0.39 is 0 Å². The van der Waals surface area contributed by atoms with Gasteiger partial charge < -0.3 is 5.32 Å². The number of nitrogens with two attached hydrogens (primary N) is 1. The van der Waals surface area contributed by atoms with Gasteiger partial charge in [0, 0.05) is 20.0 Å². The Morgan fingerprint density at radius 2 is 2.14 bits per heavy atom. The second-order valence-corrected chi connectivity index (χ2v) is 6.32. The zero-order chi connectivity index (χ0) is 15.2. The van der Waals surface area contributed by atoms with Crippen LogP contribution in [0.2, 0.25) is 0 Å². The van der Waals surface area contributed by atoms with Gasteiger partial charge >= 0.3 is 0 Å². The molecule has 4 N–H and O–H groups in total. The molecule has 116 valence electrons. The number of hydrogen-bond acceptors (Lipinski definition) is 5. The van der Waals surface area contributed by atoms with Gasteiger partial charge in [0.2, 0.25) is 5.91 Å². The van der Waals surface area contributed by atoms with Crippen molar-refractivity contribution in [2.24, 2.45) is 11.8 Å². The Balaban J connectivity index is 1.82. The van der Waals surface area contributed by atoms with Crippen molar-refractivity contribution < 1.29 is 9.59 Å². The van der Waals surface area contributed by atoms with Gasteiger partial charge in [-0.3, -0.25) is 19.9 Å². The van der Waals surface area contributed by atoms with E-state index in [1.165, 1.54) is 11.3 Å². The van der Waals surface area contributed by atoms with Gasteiger partial charge in [0.25, 0.3) is 5.91 Å². The minimum Gasteiger partial charge on any atom is -0.356 e. The van der Waals surface area contributed by atoms with Crippen LogP contribution in [0.4, 0.5) is 0 Å². The highest BCUT2D eigenvalue weighted by Gasteiger charge is 2.21. The van der Waals surface area contributed by atoms with Crippen molar-refractivity contribution in [3.05, 3.63) is 21.9 Å². The number of likely N-dealkylation sites (tertiary alicyclic amines) is 1. The van der Waals surface area contributed by atoms with Gasteiger partial charge in [-0.25, -0.2) is 5.84 Å². The molecule has 21 heavy (non-hydrogen) atoms. The Kier molecular flexibility index (Phi) is 5.72. The van der Waals surface area contributed by atoms with Crippen LogP contribution in [0, 0.1) is 5.92 Å². The standard InChI is InChI=1S/C14H22N4O2S/c1-10(19)16-8-11-2-5-18(6-3-11)9-12-4-7-21-13(12)14(20)17-15/h4,7,11H,2-3,5-6,8-9,15H2,1H3,(H,16,19)(H,17,20). The topological polar surface area (TPSA) is 87.5 Å². The van der Waals surface area contributed by atoms with Crippen molar-refractivity contribution in [3.8, 4) is 0 Å². The molecule has 0 bridgehead atoms. The van der Waals surface area contributed by atoms with Crippen LogP contribution in [0.3, 0.4) is 0 Å². The van der Waals surface area contributed by atoms with Crippen LogP contribution >= 0.6 is 11.3 Å². The summed E-state index contributed by atoms with van der Waals surface area (Å²) in [6.07, 6.45) is 2.14. The van der Waals surface area contributed by atoms with Crippen LogP contribution in [0.25, 0.3) is 0 Å². The van der Waals surface area contributed by atoms with Crippen LogP contribution in [-0.4, -0.2) is 36.3 Å². The summed E-state index contributed by atoms with van der Waals surface area (Å²) in [6.45, 7) is 5.07. The molecule has 2 amide bonds. The molecular formula is C14H22N4O2S. The third kappa shape index (κ3) is 4.52. The Morgan fingerprint density at radius 1 is 1.43 bits per heavy atom. The quantitative estimate of drug-likeness (QED) is 0.424. The van der Waals surface area contributed by atoms with E-state index in [4.69, 9.17) is 5.84 Å². The number of nitrogens with one attached hydrogen (secondary N) is 2. The highest BCUT2D eigenvalue weighted by Crippen LogP contribution is 2.22. The van der Waals surface area contributed by atoms with Gasteiger partial charge in [-0.2, -0.15) is 0 Å². The van der Waals surface area contributed by atoms with Gasteiger partial charge in [0.1, 0.15) is 0 Å². The molecule has 1 aliphatic heterocycles. The lowest BCUT2D eigenvalue weighted by atomic mass is 9.96. The predicted molar refractivity (Wildman–Crippen MR) is 82.7 cm³/mol. The molecule has 1 fully saturated rings. The van der Waals surface area contributed by atoms with Crippen molar-refractivity contribution in [3.63, 3.8) is 0 Å². The van der Waals surface area contributed by atoms with Gasteiger partial charge in [-0.05, 0) is 48.9 Å². The maximum Gasteiger partial charge on any atom is 0.275 e. The van der Waals surface area contributed by atoms with Crippen LogP contribution in [-0.2, 0) is 11.3 Å². The van der Waals surface area contributed by atoms with Crippen LogP contribution in [0.15, 0.2) is 11.4 Å². The molecule has 0 spiro atoms. The smallest absolute Gasteiger partial charge is 0.275 e. The Hall–Kier alpha value is -1.44. The average molecular weight is 310 g/mol. The number of hydrazine groups is 1. The number of amides is 2. The van der Waals surface area contributed by atoms with E-state index in [0.717, 1.165) is 44.6 Å². The Labute approximate surface area is 128 Å². The summed E-state index contributed by atoms with van der Waals surface area (Å²) < 4.78 is 0. The van der Waals surface area contributed by atoms with Crippen molar-refractivity contribution >= 4 is 23.2 Å². The number of nitrogens with zero attached hydrogens (tertiary/aromatic N) is 1. The summed E-state index contributed by atoms with van der Waals surface area (Å²) in [6, 6.07) is 1.98. The average Bonchev–Trinajstić information content (AvgIpc) is 2.94. The van der Waals surface area contributed by atoms with Gasteiger partial charge in [0.15, 0.2) is 0 Å². The first-order valence-corrected chi connectivity index (χ1v) is 8.02. The second kappa shape index (κ2) is 7.53. The minimum atomic E-state index is -0.222. The first-order valence-electron chi connectivity index (χ1n) is 7.14. The normalized spacial score (nSPS) is 16.7. The van der Waals surface area contributed by atoms with Crippen molar-refractivity contribution in [1.82, 2.24) is 15.6 Å². The summed E-state index contributed by atoms with van der Waals surface area (Å²) in [5.74, 6) is 5.57. The zero-order valence-corrected chi connectivity index (χ0v) is 13.0. The molecule has 2 rings (SSSR count). The molecule has 0 radical (unpaired) electrons. The Bertz CT molecular complexity index is 495. The van der Waals surface area contributed by atoms with Gasteiger partial charge in [-0.15, -0.1) is 11.3 Å². The molecule has 1 aromatic rings. The number of nitrogen functional groups attached to an aromatic ring is 1. The number of carbonyl (C=O) groups is 2. The second-order valence-electron chi connectivity index (χ2n) is 5.41. The monoisotopic (exact) mass is 310 g/mol. The SMILES string of the molecule is CC(=O)NCC1CCN(Cc2ccsc2C(=O)NN)CC1. The molecular weight excluding hydrogens is 288 g/mol. The minimum absolute atomic E-state index is 0.0353. The molecule has 0 unspecified atom stereocenters. The molecule has 0 aliphatic carbocycles. The van der Waals surface area contributed by atoms with Crippen LogP contribution < -0.4 is 16.6 Å². The van der Waals surface area contributed by atoms with E-state index in [1.807, 2.05) is 11.4 Å². The van der Waals surface area contributed by atoms with E-state index in [1.54, 1.807) is 6.92 Å². The van der Waals surface area contributed by atoms with Crippen LogP contribution in [0.5, 0.6) is 0 Å². The van der Waals surface area contributed by atoms with Crippen molar-refractivity contribution in [1.29, 1.82) is 0 Å². The van der Waals surface area contributed by atoms with E-state index >= 15 is 0 Å². The van der Waals surface area contributed by atoms with Gasteiger partial charge in [-0.1, -0.05) is 0 Å². The molecule has 7 heteroatoms. The lowest BCUT2D eigenvalue weighted by Gasteiger charge is -2.31. The maximum atomic E-state index is 11.7. The predicted octanol–water partition coefficient (Wildman–Crippen LogP) is 0.700. The summed E-state index contributed by atoms with van der Waals surface area (Å²) >= 11 is 1.42. The lowest BCUT2D eigenvalue weighted by molar-refractivity contribution is -0.119. The first kappa shape index (κ1) is 15.9. The molecule has 0 saturated carbocycles. The summed E-state index contributed by atoms with van der Waals surface area (Å²) in [4.78, 5) is 25.6. The summed E-state index contributed by atoms with van der Waals surface area (Å²) in [7, 11) is 0. The van der Waals surface area contributed by atoms with E-state index in [0.29, 0.717) is 10.8 Å². The highest BCUT2D eigenvalue weighted by molar-refractivity contribution is 7.12. The zero-order valence-electron chi connectivity index (χ0n) is 12.2. The largest absolute Gasteiger partial charge is 0.356 e. The number of thiophene rings is 1. The number of rotatable bonds is 5. The van der Waals surface area contributed by atoms with E-state index in [-0.39, 0.29) is 11.8 Å².